The number of fused-ring (bicyclic) bond motifs is 2. The van der Waals surface area contributed by atoms with Gasteiger partial charge in [-0.2, -0.15) is 0 Å². The lowest BCUT2D eigenvalue weighted by Crippen LogP contribution is -2.53. The predicted molar refractivity (Wildman–Crippen MR) is 151 cm³/mol. The van der Waals surface area contributed by atoms with Crippen molar-refractivity contribution in [3.05, 3.63) is 54.2 Å². The summed E-state index contributed by atoms with van der Waals surface area (Å²) in [5.74, 6) is -1.14. The van der Waals surface area contributed by atoms with Crippen LogP contribution in [-0.4, -0.2) is 101 Å². The minimum absolute atomic E-state index is 0.0588. The van der Waals surface area contributed by atoms with Gasteiger partial charge in [-0.05, 0) is 43.9 Å². The molecule has 222 valence electrons. The highest BCUT2D eigenvalue weighted by atomic mass is 16.5. The molecule has 0 bridgehead atoms. The molecular formula is C29H35N7O6. The number of aromatic nitrogens is 3. The van der Waals surface area contributed by atoms with E-state index >= 15 is 0 Å². The zero-order valence-electron chi connectivity index (χ0n) is 24.1. The normalized spacial score (nSPS) is 19.9. The molecule has 3 unspecified atom stereocenters. The van der Waals surface area contributed by atoms with Crippen LogP contribution in [0.25, 0.3) is 5.65 Å². The average Bonchev–Trinajstić information content (AvgIpc) is 3.63. The number of ether oxygens (including phenoxy) is 2. The maximum absolute atomic E-state index is 13.6. The van der Waals surface area contributed by atoms with E-state index in [0.717, 1.165) is 0 Å². The van der Waals surface area contributed by atoms with Crippen LogP contribution in [-0.2, 0) is 9.59 Å². The molecule has 2 N–H and O–H groups in total. The van der Waals surface area contributed by atoms with Gasteiger partial charge in [0.15, 0.2) is 17.1 Å². The summed E-state index contributed by atoms with van der Waals surface area (Å²) in [6.07, 6.45) is 6.45. The highest BCUT2D eigenvalue weighted by molar-refractivity contribution is 5.96. The molecule has 1 aromatic carbocycles. The van der Waals surface area contributed by atoms with Crippen LogP contribution in [0.1, 0.15) is 34.7 Å². The molecule has 0 aliphatic carbocycles. The largest absolute Gasteiger partial charge is 0.493 e. The van der Waals surface area contributed by atoms with Gasteiger partial charge in [-0.15, -0.1) is 0 Å². The number of amides is 4. The van der Waals surface area contributed by atoms with Crippen molar-refractivity contribution in [3.8, 4) is 11.5 Å². The molecule has 0 radical (unpaired) electrons. The van der Waals surface area contributed by atoms with Crippen molar-refractivity contribution < 1.29 is 28.7 Å². The number of rotatable bonds is 8. The standard InChI is InChI=1S/C29H35N7O6/c1-17(2)42-23-6-5-18(9-24(23)41-4)28(39)35-12-19-13-36(29(40)22-16-34-8-7-31-10-25(34)33-22)15-21(20(19)14-35)27(38)32-11-26(37)30-3/h5-10,16-17,19-21H,11-15H2,1-4H3,(H,30,37)(H,32,38). The topological polar surface area (TPSA) is 147 Å². The Morgan fingerprint density at radius 3 is 2.50 bits per heavy atom. The van der Waals surface area contributed by atoms with Gasteiger partial charge >= 0.3 is 0 Å². The number of methoxy groups -OCH3 is 1. The van der Waals surface area contributed by atoms with Crippen LogP contribution in [0, 0.1) is 17.8 Å². The van der Waals surface area contributed by atoms with Gasteiger partial charge in [0, 0.05) is 57.4 Å². The van der Waals surface area contributed by atoms with Crippen LogP contribution in [0.15, 0.2) is 43.0 Å². The number of piperidine rings is 1. The maximum Gasteiger partial charge on any atom is 0.274 e. The highest BCUT2D eigenvalue weighted by Crippen LogP contribution is 2.37. The number of hydrogen-bond donors (Lipinski definition) is 2. The SMILES string of the molecule is CNC(=O)CNC(=O)C1CN(C(=O)c2cn3ccncc3n2)CC2CN(C(=O)c3ccc(OC(C)C)c(OC)c3)CC21. The number of carbonyl (C=O) groups excluding carboxylic acids is 4. The molecule has 2 saturated heterocycles. The lowest BCUT2D eigenvalue weighted by Gasteiger charge is -2.39. The number of imidazole rings is 1. The first-order chi connectivity index (χ1) is 20.2. The molecule has 4 amide bonds. The Kier molecular flexibility index (Phi) is 8.27. The molecule has 3 aromatic rings. The minimum atomic E-state index is -0.620. The third-order valence-electron chi connectivity index (χ3n) is 7.75. The predicted octanol–water partition coefficient (Wildman–Crippen LogP) is 0.848. The summed E-state index contributed by atoms with van der Waals surface area (Å²) in [6, 6.07) is 5.07. The molecule has 2 aromatic heterocycles. The molecule has 4 heterocycles. The van der Waals surface area contributed by atoms with Crippen LogP contribution in [0.5, 0.6) is 11.5 Å². The molecule has 2 fully saturated rings. The van der Waals surface area contributed by atoms with E-state index in [1.165, 1.54) is 14.2 Å². The lowest BCUT2D eigenvalue weighted by molar-refractivity contribution is -0.131. The van der Waals surface area contributed by atoms with E-state index in [1.807, 2.05) is 13.8 Å². The number of likely N-dealkylation sites (tertiary alicyclic amines) is 2. The van der Waals surface area contributed by atoms with Gasteiger partial charge in [0.05, 0.1) is 31.9 Å². The Balaban J connectivity index is 1.38. The monoisotopic (exact) mass is 577 g/mol. The average molecular weight is 578 g/mol. The minimum Gasteiger partial charge on any atom is -0.493 e. The second-order valence-corrected chi connectivity index (χ2v) is 10.8. The highest BCUT2D eigenvalue weighted by Gasteiger charge is 2.48. The van der Waals surface area contributed by atoms with E-state index in [-0.39, 0.29) is 60.4 Å². The van der Waals surface area contributed by atoms with Gasteiger partial charge in [0.2, 0.25) is 11.8 Å². The first kappa shape index (κ1) is 28.8. The first-order valence-electron chi connectivity index (χ1n) is 13.9. The first-order valence-corrected chi connectivity index (χ1v) is 13.9. The van der Waals surface area contributed by atoms with Crippen LogP contribution in [0.4, 0.5) is 0 Å². The number of carbonyl (C=O) groups is 4. The van der Waals surface area contributed by atoms with Gasteiger partial charge in [0.25, 0.3) is 11.8 Å². The number of nitrogens with zero attached hydrogens (tertiary/aromatic N) is 5. The number of benzene rings is 1. The summed E-state index contributed by atoms with van der Waals surface area (Å²) in [7, 11) is 3.02. The van der Waals surface area contributed by atoms with Gasteiger partial charge in [0.1, 0.15) is 5.69 Å². The molecule has 0 spiro atoms. The molecule has 2 aliphatic rings. The van der Waals surface area contributed by atoms with Crippen molar-refractivity contribution in [3.63, 3.8) is 0 Å². The molecular weight excluding hydrogens is 542 g/mol. The summed E-state index contributed by atoms with van der Waals surface area (Å²) in [6.45, 7) is 4.86. The lowest BCUT2D eigenvalue weighted by atomic mass is 9.79. The molecule has 5 rings (SSSR count). The maximum atomic E-state index is 13.6. The van der Waals surface area contributed by atoms with Gasteiger partial charge in [-0.3, -0.25) is 24.2 Å². The van der Waals surface area contributed by atoms with E-state index in [2.05, 4.69) is 20.6 Å². The van der Waals surface area contributed by atoms with Gasteiger partial charge in [-0.25, -0.2) is 4.98 Å². The Labute approximate surface area is 243 Å². The van der Waals surface area contributed by atoms with Crippen molar-refractivity contribution in [2.45, 2.75) is 20.0 Å². The van der Waals surface area contributed by atoms with Gasteiger partial charge in [-0.1, -0.05) is 0 Å². The molecule has 3 atom stereocenters. The van der Waals surface area contributed by atoms with Crippen molar-refractivity contribution in [1.29, 1.82) is 0 Å². The van der Waals surface area contributed by atoms with Crippen molar-refractivity contribution in [2.75, 3.05) is 46.9 Å². The van der Waals surface area contributed by atoms with Crippen molar-refractivity contribution >= 4 is 29.3 Å². The third-order valence-corrected chi connectivity index (χ3v) is 7.75. The fourth-order valence-corrected chi connectivity index (χ4v) is 5.71. The zero-order chi connectivity index (χ0) is 30.0. The number of likely N-dealkylation sites (N-methyl/N-ethyl adjacent to an activating group) is 1. The van der Waals surface area contributed by atoms with E-state index in [4.69, 9.17) is 9.47 Å². The molecule has 13 heteroatoms. The number of hydrogen-bond acceptors (Lipinski definition) is 8. The quantitative estimate of drug-likeness (QED) is 0.401. The van der Waals surface area contributed by atoms with E-state index < -0.39 is 5.92 Å². The van der Waals surface area contributed by atoms with E-state index in [1.54, 1.807) is 57.2 Å². The van der Waals surface area contributed by atoms with Crippen LogP contribution in [0.3, 0.4) is 0 Å². The van der Waals surface area contributed by atoms with E-state index in [0.29, 0.717) is 42.3 Å². The second-order valence-electron chi connectivity index (χ2n) is 10.8. The fraction of sp³-hybridized carbons (Fsp3) is 0.448. The summed E-state index contributed by atoms with van der Waals surface area (Å²) in [4.78, 5) is 64.2. The van der Waals surface area contributed by atoms with Crippen molar-refractivity contribution in [2.24, 2.45) is 17.8 Å². The van der Waals surface area contributed by atoms with Crippen molar-refractivity contribution in [1.82, 2.24) is 34.8 Å². The molecule has 13 nitrogen and oxygen atoms in total. The summed E-state index contributed by atoms with van der Waals surface area (Å²) < 4.78 is 13.0. The summed E-state index contributed by atoms with van der Waals surface area (Å²) in [5, 5.41) is 5.19. The Hall–Kier alpha value is -4.68. The smallest absolute Gasteiger partial charge is 0.274 e. The summed E-state index contributed by atoms with van der Waals surface area (Å²) >= 11 is 0. The Bertz CT molecular complexity index is 1470. The molecule has 2 aliphatic heterocycles. The van der Waals surface area contributed by atoms with E-state index in [9.17, 15) is 19.2 Å². The third kappa shape index (κ3) is 5.85. The van der Waals surface area contributed by atoms with Crippen LogP contribution >= 0.6 is 0 Å². The Morgan fingerprint density at radius 1 is 1.05 bits per heavy atom. The Morgan fingerprint density at radius 2 is 1.81 bits per heavy atom. The summed E-state index contributed by atoms with van der Waals surface area (Å²) in [5.41, 5.74) is 1.22. The fourth-order valence-electron chi connectivity index (χ4n) is 5.71. The number of nitrogens with one attached hydrogen (secondary N) is 2. The van der Waals surface area contributed by atoms with Gasteiger partial charge < -0.3 is 34.3 Å². The molecule has 0 saturated carbocycles. The van der Waals surface area contributed by atoms with Crippen LogP contribution in [0.2, 0.25) is 0 Å². The second kappa shape index (κ2) is 12.0. The molecule has 42 heavy (non-hydrogen) atoms. The zero-order valence-corrected chi connectivity index (χ0v) is 24.1. The van der Waals surface area contributed by atoms with Crippen LogP contribution < -0.4 is 20.1 Å².